The number of thiazole rings is 1. The molecule has 1 aliphatic rings. The molecule has 6 nitrogen and oxygen atoms in total. The van der Waals surface area contributed by atoms with Crippen LogP contribution in [0.2, 0.25) is 0 Å². The van der Waals surface area contributed by atoms with Gasteiger partial charge >= 0.3 is 0 Å². The van der Waals surface area contributed by atoms with Crippen LogP contribution >= 0.6 is 11.3 Å². The number of hydrogen-bond donors (Lipinski definition) is 1. The Balaban J connectivity index is 1.55. The van der Waals surface area contributed by atoms with Gasteiger partial charge in [0.1, 0.15) is 11.9 Å². The largest absolute Gasteiger partial charge is 0.488 e. The maximum absolute atomic E-state index is 12.3. The second-order valence-electron chi connectivity index (χ2n) is 6.19. The zero-order valence-electron chi connectivity index (χ0n) is 14.6. The molecule has 0 unspecified atom stereocenters. The van der Waals surface area contributed by atoms with Crippen molar-refractivity contribution in [3.8, 4) is 11.8 Å². The molecule has 0 aliphatic carbocycles. The first-order valence-electron chi connectivity index (χ1n) is 8.58. The van der Waals surface area contributed by atoms with E-state index in [9.17, 15) is 4.79 Å². The Labute approximate surface area is 156 Å². The van der Waals surface area contributed by atoms with E-state index in [0.717, 1.165) is 10.6 Å². The van der Waals surface area contributed by atoms with Crippen molar-refractivity contribution < 1.29 is 14.3 Å². The summed E-state index contributed by atoms with van der Waals surface area (Å²) in [5.41, 5.74) is 3.39. The van der Waals surface area contributed by atoms with Gasteiger partial charge in [-0.3, -0.25) is 4.79 Å². The van der Waals surface area contributed by atoms with Crippen LogP contribution in [0, 0.1) is 18.3 Å². The van der Waals surface area contributed by atoms with Gasteiger partial charge in [-0.2, -0.15) is 5.26 Å². The predicted molar refractivity (Wildman–Crippen MR) is 98.1 cm³/mol. The molecule has 1 fully saturated rings. The highest BCUT2D eigenvalue weighted by Gasteiger charge is 2.29. The van der Waals surface area contributed by atoms with Crippen LogP contribution in [0.4, 0.5) is 0 Å². The normalized spacial score (nSPS) is 19.5. The lowest BCUT2D eigenvalue weighted by atomic mass is 10.1. The van der Waals surface area contributed by atoms with Crippen molar-refractivity contribution in [3.63, 3.8) is 0 Å². The third-order valence-electron chi connectivity index (χ3n) is 4.33. The van der Waals surface area contributed by atoms with E-state index in [4.69, 9.17) is 14.7 Å². The quantitative estimate of drug-likeness (QED) is 0.844. The third-order valence-corrected chi connectivity index (χ3v) is 5.33. The molecule has 1 aromatic heterocycles. The summed E-state index contributed by atoms with van der Waals surface area (Å²) >= 11 is 1.58. The maximum atomic E-state index is 12.3. The van der Waals surface area contributed by atoms with E-state index in [-0.39, 0.29) is 18.1 Å². The molecule has 26 heavy (non-hydrogen) atoms. The van der Waals surface area contributed by atoms with Crippen LogP contribution in [-0.2, 0) is 16.0 Å². The van der Waals surface area contributed by atoms with Crippen LogP contribution in [0.15, 0.2) is 29.8 Å². The second-order valence-corrected chi connectivity index (χ2v) is 7.13. The monoisotopic (exact) mass is 371 g/mol. The Kier molecular flexibility index (Phi) is 6.21. The van der Waals surface area contributed by atoms with Gasteiger partial charge in [0.2, 0.25) is 5.91 Å². The fourth-order valence-electron chi connectivity index (χ4n) is 2.85. The molecule has 2 heterocycles. The molecule has 2 aromatic rings. The van der Waals surface area contributed by atoms with Gasteiger partial charge in [0.05, 0.1) is 42.1 Å². The van der Waals surface area contributed by atoms with Crippen LogP contribution in [0.25, 0.3) is 0 Å². The molecule has 0 bridgehead atoms. The van der Waals surface area contributed by atoms with E-state index < -0.39 is 0 Å². The summed E-state index contributed by atoms with van der Waals surface area (Å²) in [6.45, 7) is 3.00. The van der Waals surface area contributed by atoms with Crippen LogP contribution < -0.4 is 10.1 Å². The van der Waals surface area contributed by atoms with E-state index >= 15 is 0 Å². The molecule has 0 spiro atoms. The number of benzene rings is 1. The van der Waals surface area contributed by atoms with Crippen LogP contribution in [0.1, 0.15) is 29.0 Å². The summed E-state index contributed by atoms with van der Waals surface area (Å²) in [5, 5.41) is 11.9. The van der Waals surface area contributed by atoms with Crippen molar-refractivity contribution in [2.75, 3.05) is 13.2 Å². The number of carbonyl (C=O) groups excluding carboxylic acids is 1. The number of aromatic nitrogens is 1. The van der Waals surface area contributed by atoms with E-state index in [1.807, 2.05) is 6.92 Å². The van der Waals surface area contributed by atoms with Crippen molar-refractivity contribution in [1.82, 2.24) is 10.3 Å². The smallest absolute Gasteiger partial charge is 0.220 e. The predicted octanol–water partition coefficient (Wildman–Crippen LogP) is 2.61. The molecule has 1 aliphatic heterocycles. The maximum Gasteiger partial charge on any atom is 0.220 e. The van der Waals surface area contributed by atoms with Gasteiger partial charge in [0.15, 0.2) is 0 Å². The molecular formula is C19H21N3O3S. The molecule has 0 saturated carbocycles. The van der Waals surface area contributed by atoms with Crippen LogP contribution in [0.3, 0.4) is 0 Å². The van der Waals surface area contributed by atoms with E-state index in [2.05, 4.69) is 16.4 Å². The second kappa shape index (κ2) is 8.79. The molecule has 0 radical (unpaired) electrons. The summed E-state index contributed by atoms with van der Waals surface area (Å²) in [7, 11) is 0. The standard InChI is InChI=1S/C19H21N3O3S/c1-13-18(26-12-21-13)6-7-19(23)22-16-11-24-9-8-17(16)25-15-4-2-14(10-20)3-5-15/h2-5,12,16-17H,6-9,11H2,1H3,(H,22,23)/t16-,17-/m1/s1. The number of carbonyl (C=O) groups is 1. The Morgan fingerprint density at radius 3 is 2.96 bits per heavy atom. The van der Waals surface area contributed by atoms with Crippen molar-refractivity contribution in [2.45, 2.75) is 38.3 Å². The Hall–Kier alpha value is -2.43. The number of amides is 1. The summed E-state index contributed by atoms with van der Waals surface area (Å²) < 4.78 is 11.5. The first kappa shape index (κ1) is 18.4. The Morgan fingerprint density at radius 2 is 2.27 bits per heavy atom. The first-order valence-corrected chi connectivity index (χ1v) is 9.46. The number of nitrogens with zero attached hydrogens (tertiary/aromatic N) is 2. The van der Waals surface area contributed by atoms with E-state index in [1.165, 1.54) is 0 Å². The lowest BCUT2D eigenvalue weighted by Crippen LogP contribution is -2.51. The van der Waals surface area contributed by atoms with Gasteiger partial charge in [-0.05, 0) is 37.6 Å². The number of nitriles is 1. The molecule has 136 valence electrons. The number of rotatable bonds is 6. The molecule has 3 rings (SSSR count). The highest BCUT2D eigenvalue weighted by Crippen LogP contribution is 2.19. The minimum absolute atomic E-state index is 0.0123. The molecule has 1 aromatic carbocycles. The number of ether oxygens (including phenoxy) is 2. The molecule has 1 N–H and O–H groups in total. The van der Waals surface area contributed by atoms with Gasteiger partial charge in [-0.1, -0.05) is 0 Å². The van der Waals surface area contributed by atoms with Gasteiger partial charge in [-0.25, -0.2) is 4.98 Å². The fraction of sp³-hybridized carbons (Fsp3) is 0.421. The van der Waals surface area contributed by atoms with E-state index in [1.54, 1.807) is 41.1 Å². The zero-order valence-corrected chi connectivity index (χ0v) is 15.4. The van der Waals surface area contributed by atoms with E-state index in [0.29, 0.717) is 43.8 Å². The summed E-state index contributed by atoms with van der Waals surface area (Å²) in [4.78, 5) is 17.7. The molecule has 1 amide bonds. The first-order chi connectivity index (χ1) is 12.7. The average Bonchev–Trinajstić information content (AvgIpc) is 3.07. The lowest BCUT2D eigenvalue weighted by Gasteiger charge is -2.32. The molecule has 2 atom stereocenters. The van der Waals surface area contributed by atoms with Crippen molar-refractivity contribution in [2.24, 2.45) is 0 Å². The minimum Gasteiger partial charge on any atom is -0.488 e. The number of nitrogens with one attached hydrogen (secondary N) is 1. The highest BCUT2D eigenvalue weighted by atomic mass is 32.1. The number of hydrogen-bond acceptors (Lipinski definition) is 6. The van der Waals surface area contributed by atoms with Crippen LogP contribution in [0.5, 0.6) is 5.75 Å². The molecule has 7 heteroatoms. The van der Waals surface area contributed by atoms with Crippen molar-refractivity contribution in [1.29, 1.82) is 5.26 Å². The summed E-state index contributed by atoms with van der Waals surface area (Å²) in [6, 6.07) is 8.90. The SMILES string of the molecule is Cc1ncsc1CCC(=O)N[C@@H]1COCC[C@H]1Oc1ccc(C#N)cc1. The Morgan fingerprint density at radius 1 is 1.46 bits per heavy atom. The summed E-state index contributed by atoms with van der Waals surface area (Å²) in [6.07, 6.45) is 1.67. The van der Waals surface area contributed by atoms with Crippen molar-refractivity contribution >= 4 is 17.2 Å². The average molecular weight is 371 g/mol. The van der Waals surface area contributed by atoms with Gasteiger partial charge in [-0.15, -0.1) is 11.3 Å². The molecular weight excluding hydrogens is 350 g/mol. The molecule has 1 saturated heterocycles. The summed E-state index contributed by atoms with van der Waals surface area (Å²) in [5.74, 6) is 0.678. The fourth-order valence-corrected chi connectivity index (χ4v) is 3.63. The third kappa shape index (κ3) is 4.81. The van der Waals surface area contributed by atoms with Gasteiger partial charge in [0.25, 0.3) is 0 Å². The van der Waals surface area contributed by atoms with Gasteiger partial charge < -0.3 is 14.8 Å². The lowest BCUT2D eigenvalue weighted by molar-refractivity contribution is -0.124. The topological polar surface area (TPSA) is 84.2 Å². The van der Waals surface area contributed by atoms with Crippen molar-refractivity contribution in [3.05, 3.63) is 45.9 Å². The number of aryl methyl sites for hydroxylation is 2. The zero-order chi connectivity index (χ0) is 18.4. The van der Waals surface area contributed by atoms with Gasteiger partial charge in [0, 0.05) is 17.7 Å². The Bertz CT molecular complexity index is 782. The highest BCUT2D eigenvalue weighted by molar-refractivity contribution is 7.09. The minimum atomic E-state index is -0.186. The van der Waals surface area contributed by atoms with Crippen LogP contribution in [-0.4, -0.2) is 36.3 Å².